The number of nitrogens with one attached hydrogen (secondary N) is 2. The van der Waals surface area contributed by atoms with Gasteiger partial charge in [-0.1, -0.05) is 18.2 Å². The third-order valence-electron chi connectivity index (χ3n) is 5.66. The van der Waals surface area contributed by atoms with Crippen LogP contribution in [0.2, 0.25) is 0 Å². The molecule has 0 radical (unpaired) electrons. The number of rotatable bonds is 7. The molecule has 4 atom stereocenters. The molecule has 0 unspecified atom stereocenters. The molecule has 170 valence electrons. The van der Waals surface area contributed by atoms with Gasteiger partial charge >= 0.3 is 0 Å². The number of amidine groups is 1. The van der Waals surface area contributed by atoms with Crippen LogP contribution in [0.25, 0.3) is 0 Å². The van der Waals surface area contributed by atoms with Crippen LogP contribution in [0.5, 0.6) is 0 Å². The van der Waals surface area contributed by atoms with Crippen molar-refractivity contribution in [1.29, 1.82) is 0 Å². The van der Waals surface area contributed by atoms with Crippen LogP contribution < -0.4 is 10.6 Å². The first kappa shape index (κ1) is 22.1. The Morgan fingerprint density at radius 3 is 2.72 bits per heavy atom. The number of benzene rings is 2. The number of carbonyl (C=O) groups excluding carboxylic acids is 1. The molecule has 2 aromatic carbocycles. The van der Waals surface area contributed by atoms with Gasteiger partial charge < -0.3 is 20.1 Å². The summed E-state index contributed by atoms with van der Waals surface area (Å²) >= 11 is 0. The zero-order valence-electron chi connectivity index (χ0n) is 17.6. The van der Waals surface area contributed by atoms with Crippen LogP contribution in [-0.2, 0) is 15.0 Å². The van der Waals surface area contributed by atoms with Crippen LogP contribution in [0.1, 0.15) is 29.3 Å². The fourth-order valence-corrected chi connectivity index (χ4v) is 4.05. The van der Waals surface area contributed by atoms with E-state index in [0.717, 1.165) is 6.07 Å². The van der Waals surface area contributed by atoms with Crippen molar-refractivity contribution < 1.29 is 27.4 Å². The lowest BCUT2D eigenvalue weighted by atomic mass is 9.83. The summed E-state index contributed by atoms with van der Waals surface area (Å²) in [4.78, 5) is 16.8. The molecule has 1 saturated carbocycles. The third-order valence-corrected chi connectivity index (χ3v) is 5.66. The molecule has 6 nitrogen and oxygen atoms in total. The first-order valence-electron chi connectivity index (χ1n) is 10.3. The monoisotopic (exact) mass is 447 g/mol. The minimum Gasteiger partial charge on any atom is -0.461 e. The second-order valence-electron chi connectivity index (χ2n) is 8.06. The van der Waals surface area contributed by atoms with E-state index in [9.17, 15) is 18.0 Å². The van der Waals surface area contributed by atoms with Crippen molar-refractivity contribution >= 4 is 17.6 Å². The van der Waals surface area contributed by atoms with Crippen LogP contribution in [0.4, 0.5) is 18.9 Å². The molecule has 0 aromatic heterocycles. The largest absolute Gasteiger partial charge is 0.461 e. The summed E-state index contributed by atoms with van der Waals surface area (Å²) in [6.07, 6.45) is -3.20. The number of carbonyl (C=O) groups is 1. The smallest absolute Gasteiger partial charge is 0.290 e. The highest BCUT2D eigenvalue weighted by molar-refractivity contribution is 5.95. The van der Waals surface area contributed by atoms with E-state index in [-0.39, 0.29) is 29.8 Å². The van der Waals surface area contributed by atoms with Gasteiger partial charge in [0.05, 0.1) is 6.61 Å². The van der Waals surface area contributed by atoms with Gasteiger partial charge in [0.2, 0.25) is 0 Å². The van der Waals surface area contributed by atoms with Crippen molar-refractivity contribution in [2.45, 2.75) is 37.5 Å². The summed E-state index contributed by atoms with van der Waals surface area (Å²) in [5, 5.41) is 5.60. The first-order chi connectivity index (χ1) is 15.3. The van der Waals surface area contributed by atoms with E-state index < -0.39 is 35.7 Å². The molecule has 0 saturated heterocycles. The van der Waals surface area contributed by atoms with E-state index in [4.69, 9.17) is 9.47 Å². The van der Waals surface area contributed by atoms with Gasteiger partial charge in [-0.2, -0.15) is 0 Å². The van der Waals surface area contributed by atoms with Gasteiger partial charge in [0.15, 0.2) is 5.54 Å². The minimum atomic E-state index is -3.01. The molecule has 2 N–H and O–H groups in total. The van der Waals surface area contributed by atoms with E-state index in [1.165, 1.54) is 19.2 Å². The number of nitrogens with zero attached hydrogens (tertiary/aromatic N) is 1. The Labute approximate surface area is 183 Å². The molecule has 2 aliphatic rings. The molecule has 9 heteroatoms. The van der Waals surface area contributed by atoms with Crippen LogP contribution in [0.3, 0.4) is 0 Å². The van der Waals surface area contributed by atoms with Crippen molar-refractivity contribution in [2.75, 3.05) is 19.0 Å². The van der Waals surface area contributed by atoms with Gasteiger partial charge in [-0.25, -0.2) is 18.2 Å². The standard InChI is InChI=1S/C23H24F3N3O3/c1-13(12-31-2)27-20(30)14-8-9-18(24)16(10-14)23(21(25)26)17-11-19(17)32-22(29-23)28-15-6-4-3-5-7-15/h3-10,13,17,19,21H,11-12H2,1-2H3,(H,27,30)(H,28,29)/t13-,17+,19-,23-/m0/s1. The van der Waals surface area contributed by atoms with E-state index in [1.54, 1.807) is 31.2 Å². The lowest BCUT2D eigenvalue weighted by Gasteiger charge is -2.34. The Balaban J connectivity index is 1.71. The Hall–Kier alpha value is -3.07. The Kier molecular flexibility index (Phi) is 6.10. The van der Waals surface area contributed by atoms with Crippen molar-refractivity contribution in [3.05, 3.63) is 65.5 Å². The maximum Gasteiger partial charge on any atom is 0.290 e. The zero-order chi connectivity index (χ0) is 22.9. The van der Waals surface area contributed by atoms with Gasteiger partial charge in [-0.05, 0) is 43.7 Å². The van der Waals surface area contributed by atoms with E-state index in [2.05, 4.69) is 15.6 Å². The number of amides is 1. The van der Waals surface area contributed by atoms with Crippen molar-refractivity contribution in [3.63, 3.8) is 0 Å². The Morgan fingerprint density at radius 1 is 1.28 bits per heavy atom. The number of halogens is 3. The number of anilines is 1. The molecular formula is C23H24F3N3O3. The lowest BCUT2D eigenvalue weighted by molar-refractivity contribution is 0.0181. The highest BCUT2D eigenvalue weighted by Crippen LogP contribution is 2.56. The second kappa shape index (κ2) is 8.82. The maximum atomic E-state index is 14.9. The van der Waals surface area contributed by atoms with E-state index in [0.29, 0.717) is 12.1 Å². The summed E-state index contributed by atoms with van der Waals surface area (Å²) < 4.78 is 54.8. The predicted octanol–water partition coefficient (Wildman–Crippen LogP) is 3.94. The summed E-state index contributed by atoms with van der Waals surface area (Å²) in [6.45, 7) is 2.02. The molecule has 0 spiro atoms. The SMILES string of the molecule is COC[C@H](C)NC(=O)c1ccc(F)c([C@]2(C(F)F)N=C(Nc3ccccc3)O[C@H]3C[C@H]32)c1. The van der Waals surface area contributed by atoms with Crippen molar-refractivity contribution in [1.82, 2.24) is 5.32 Å². The van der Waals surface area contributed by atoms with Gasteiger partial charge in [0.1, 0.15) is 11.9 Å². The normalized spacial score (nSPS) is 24.8. The summed E-state index contributed by atoms with van der Waals surface area (Å²) in [6, 6.07) is 11.9. The molecule has 1 fully saturated rings. The molecular weight excluding hydrogens is 423 g/mol. The summed E-state index contributed by atoms with van der Waals surface area (Å²) in [5.41, 5.74) is -1.80. The van der Waals surface area contributed by atoms with Crippen LogP contribution in [-0.4, -0.2) is 44.2 Å². The number of para-hydroxylation sites is 1. The fraction of sp³-hybridized carbons (Fsp3) is 0.391. The van der Waals surface area contributed by atoms with Crippen LogP contribution in [0, 0.1) is 11.7 Å². The number of fused-ring (bicyclic) bond motifs is 1. The number of ether oxygens (including phenoxy) is 2. The molecule has 4 rings (SSSR count). The molecule has 1 aliphatic carbocycles. The fourth-order valence-electron chi connectivity index (χ4n) is 4.05. The third kappa shape index (κ3) is 4.17. The topological polar surface area (TPSA) is 72.0 Å². The second-order valence-corrected chi connectivity index (χ2v) is 8.06. The number of alkyl halides is 2. The highest BCUT2D eigenvalue weighted by Gasteiger charge is 2.64. The maximum absolute atomic E-state index is 14.9. The van der Waals surface area contributed by atoms with Crippen molar-refractivity contribution in [3.8, 4) is 0 Å². The van der Waals surface area contributed by atoms with E-state index in [1.807, 2.05) is 6.07 Å². The Morgan fingerprint density at radius 2 is 2.03 bits per heavy atom. The average molecular weight is 447 g/mol. The zero-order valence-corrected chi connectivity index (χ0v) is 17.6. The molecule has 1 heterocycles. The number of methoxy groups -OCH3 is 1. The lowest BCUT2D eigenvalue weighted by Crippen LogP contribution is -2.43. The van der Waals surface area contributed by atoms with Crippen molar-refractivity contribution in [2.24, 2.45) is 10.9 Å². The first-order valence-corrected chi connectivity index (χ1v) is 10.3. The highest BCUT2D eigenvalue weighted by atomic mass is 19.3. The molecule has 0 bridgehead atoms. The minimum absolute atomic E-state index is 0.0702. The Bertz CT molecular complexity index is 1020. The quantitative estimate of drug-likeness (QED) is 0.675. The van der Waals surface area contributed by atoms with E-state index >= 15 is 0 Å². The summed E-state index contributed by atoms with van der Waals surface area (Å²) in [7, 11) is 1.50. The van der Waals surface area contributed by atoms with Gasteiger partial charge in [-0.3, -0.25) is 4.79 Å². The molecule has 1 aliphatic heterocycles. The molecule has 1 amide bonds. The number of hydrogen-bond donors (Lipinski definition) is 2. The van der Waals surface area contributed by atoms with Crippen LogP contribution in [0.15, 0.2) is 53.5 Å². The van der Waals surface area contributed by atoms with Gasteiger partial charge in [0.25, 0.3) is 18.4 Å². The predicted molar refractivity (Wildman–Crippen MR) is 113 cm³/mol. The number of aliphatic imine (C=N–C) groups is 1. The molecule has 2 aromatic rings. The van der Waals surface area contributed by atoms with Gasteiger partial charge in [0, 0.05) is 35.9 Å². The molecule has 32 heavy (non-hydrogen) atoms. The number of hydrogen-bond acceptors (Lipinski definition) is 5. The summed E-state index contributed by atoms with van der Waals surface area (Å²) in [5.74, 6) is -2.04. The average Bonchev–Trinajstić information content (AvgIpc) is 3.54. The van der Waals surface area contributed by atoms with Gasteiger partial charge in [-0.15, -0.1) is 0 Å². The van der Waals surface area contributed by atoms with Crippen LogP contribution >= 0.6 is 0 Å².